The molecule has 66 valence electrons. The number of rotatable bonds is 3. The number of carbonyl (C=O) groups excluding carboxylic acids is 1. The fourth-order valence-electron chi connectivity index (χ4n) is 0.384. The van der Waals surface area contributed by atoms with Crippen LogP contribution in [0.2, 0.25) is 0 Å². The van der Waals surface area contributed by atoms with E-state index < -0.39 is 0 Å². The van der Waals surface area contributed by atoms with Crippen molar-refractivity contribution < 1.29 is 14.4 Å². The normalized spacial score (nSPS) is 11.3. The highest BCUT2D eigenvalue weighted by Crippen LogP contribution is 2.02. The first kappa shape index (κ1) is 10.4. The summed E-state index contributed by atoms with van der Waals surface area (Å²) >= 11 is 0. The standard InChI is InChI=1S/C7H15NO3/c1-7(2,3)11-8-5-6(9)10-4/h8H,5H2,1-4H3. The summed E-state index contributed by atoms with van der Waals surface area (Å²) in [4.78, 5) is 15.6. The van der Waals surface area contributed by atoms with Crippen molar-refractivity contribution in [3.63, 3.8) is 0 Å². The van der Waals surface area contributed by atoms with E-state index in [9.17, 15) is 4.79 Å². The SMILES string of the molecule is COC(=O)CNOC(C)(C)C. The summed E-state index contributed by atoms with van der Waals surface area (Å²) in [6.45, 7) is 5.74. The van der Waals surface area contributed by atoms with E-state index in [-0.39, 0.29) is 18.1 Å². The maximum atomic E-state index is 10.5. The van der Waals surface area contributed by atoms with E-state index in [1.807, 2.05) is 20.8 Å². The number of carbonyl (C=O) groups is 1. The van der Waals surface area contributed by atoms with Crippen molar-refractivity contribution >= 4 is 5.97 Å². The predicted molar refractivity (Wildman–Crippen MR) is 40.9 cm³/mol. The summed E-state index contributed by atoms with van der Waals surface area (Å²) < 4.78 is 4.38. The fraction of sp³-hybridized carbons (Fsp3) is 0.857. The van der Waals surface area contributed by atoms with Gasteiger partial charge in [-0.15, -0.1) is 0 Å². The first-order valence-corrected chi connectivity index (χ1v) is 3.43. The molecule has 0 fully saturated rings. The zero-order valence-electron chi connectivity index (χ0n) is 7.43. The Morgan fingerprint density at radius 1 is 1.45 bits per heavy atom. The fourth-order valence-corrected chi connectivity index (χ4v) is 0.384. The van der Waals surface area contributed by atoms with Crippen LogP contribution in [-0.2, 0) is 14.4 Å². The Morgan fingerprint density at radius 2 is 2.00 bits per heavy atom. The van der Waals surface area contributed by atoms with Gasteiger partial charge < -0.3 is 4.74 Å². The third-order valence-corrected chi connectivity index (χ3v) is 0.823. The van der Waals surface area contributed by atoms with Crippen LogP contribution < -0.4 is 5.48 Å². The van der Waals surface area contributed by atoms with E-state index in [1.165, 1.54) is 7.11 Å². The molecule has 0 amide bonds. The molecule has 0 unspecified atom stereocenters. The van der Waals surface area contributed by atoms with Crippen LogP contribution in [0.5, 0.6) is 0 Å². The lowest BCUT2D eigenvalue weighted by molar-refractivity contribution is -0.145. The highest BCUT2D eigenvalue weighted by Gasteiger charge is 2.10. The largest absolute Gasteiger partial charge is 0.468 e. The summed E-state index contributed by atoms with van der Waals surface area (Å²) in [6, 6.07) is 0. The van der Waals surface area contributed by atoms with Crippen molar-refractivity contribution in [3.05, 3.63) is 0 Å². The average molecular weight is 161 g/mol. The molecule has 0 aliphatic rings. The molecule has 0 spiro atoms. The summed E-state index contributed by atoms with van der Waals surface area (Å²) in [5, 5.41) is 0. The van der Waals surface area contributed by atoms with Gasteiger partial charge in [0, 0.05) is 0 Å². The zero-order chi connectivity index (χ0) is 8.91. The lowest BCUT2D eigenvalue weighted by Gasteiger charge is -2.18. The van der Waals surface area contributed by atoms with Crippen LogP contribution >= 0.6 is 0 Å². The van der Waals surface area contributed by atoms with Crippen molar-refractivity contribution in [1.82, 2.24) is 5.48 Å². The molecule has 0 saturated carbocycles. The molecule has 1 N–H and O–H groups in total. The number of hydroxylamine groups is 1. The molecule has 0 aromatic heterocycles. The van der Waals surface area contributed by atoms with Gasteiger partial charge in [0.25, 0.3) is 0 Å². The molecule has 0 rings (SSSR count). The lowest BCUT2D eigenvalue weighted by Crippen LogP contribution is -2.33. The highest BCUT2D eigenvalue weighted by atomic mass is 16.7. The van der Waals surface area contributed by atoms with Gasteiger partial charge in [-0.05, 0) is 20.8 Å². The molecule has 0 heterocycles. The van der Waals surface area contributed by atoms with Gasteiger partial charge in [-0.3, -0.25) is 9.63 Å². The summed E-state index contributed by atoms with van der Waals surface area (Å²) in [5.41, 5.74) is 2.22. The third-order valence-electron chi connectivity index (χ3n) is 0.823. The Hall–Kier alpha value is -0.610. The Bertz CT molecular complexity index is 128. The van der Waals surface area contributed by atoms with E-state index in [2.05, 4.69) is 10.2 Å². The van der Waals surface area contributed by atoms with E-state index in [1.54, 1.807) is 0 Å². The summed E-state index contributed by atoms with van der Waals surface area (Å²) in [5.74, 6) is -0.339. The quantitative estimate of drug-likeness (QED) is 0.483. The molecule has 0 aliphatic heterocycles. The molecule has 0 aliphatic carbocycles. The molecule has 4 nitrogen and oxygen atoms in total. The minimum absolute atomic E-state index is 0.0772. The van der Waals surface area contributed by atoms with Crippen LogP contribution in [0.1, 0.15) is 20.8 Å². The third kappa shape index (κ3) is 7.29. The van der Waals surface area contributed by atoms with Crippen LogP contribution in [0.25, 0.3) is 0 Å². The van der Waals surface area contributed by atoms with Crippen LogP contribution in [0.3, 0.4) is 0 Å². The summed E-state index contributed by atoms with van der Waals surface area (Å²) in [6.07, 6.45) is 0. The molecule has 0 aromatic rings. The first-order valence-electron chi connectivity index (χ1n) is 3.43. The van der Waals surface area contributed by atoms with Gasteiger partial charge in [0.15, 0.2) is 0 Å². The Balaban J connectivity index is 3.35. The van der Waals surface area contributed by atoms with Crippen molar-refractivity contribution in [2.45, 2.75) is 26.4 Å². The second kappa shape index (κ2) is 4.31. The van der Waals surface area contributed by atoms with Gasteiger partial charge in [0.05, 0.1) is 12.7 Å². The number of esters is 1. The van der Waals surface area contributed by atoms with Crippen LogP contribution in [0.15, 0.2) is 0 Å². The summed E-state index contributed by atoms with van der Waals surface area (Å²) in [7, 11) is 1.33. The maximum Gasteiger partial charge on any atom is 0.322 e. The molecular formula is C7H15NO3. The van der Waals surface area contributed by atoms with Crippen molar-refractivity contribution in [1.29, 1.82) is 0 Å². The minimum atomic E-state index is -0.339. The number of hydrogen-bond acceptors (Lipinski definition) is 4. The number of nitrogens with one attached hydrogen (secondary N) is 1. The average Bonchev–Trinajstić information content (AvgIpc) is 1.85. The molecule has 0 bridgehead atoms. The van der Waals surface area contributed by atoms with Crippen LogP contribution in [0, 0.1) is 0 Å². The molecule has 0 radical (unpaired) electrons. The molecule has 0 aromatic carbocycles. The molecule has 0 saturated heterocycles. The van der Waals surface area contributed by atoms with Gasteiger partial charge in [0.1, 0.15) is 6.54 Å². The van der Waals surface area contributed by atoms with E-state index in [4.69, 9.17) is 4.84 Å². The number of methoxy groups -OCH3 is 1. The van der Waals surface area contributed by atoms with Gasteiger partial charge in [-0.1, -0.05) is 0 Å². The van der Waals surface area contributed by atoms with Crippen molar-refractivity contribution in [2.75, 3.05) is 13.7 Å². The zero-order valence-corrected chi connectivity index (χ0v) is 7.43. The highest BCUT2D eigenvalue weighted by molar-refractivity contribution is 5.71. The van der Waals surface area contributed by atoms with E-state index in [0.29, 0.717) is 0 Å². The topological polar surface area (TPSA) is 47.6 Å². The molecule has 4 heteroatoms. The molecular weight excluding hydrogens is 146 g/mol. The predicted octanol–water partition coefficient (Wildman–Crippen LogP) is 0.479. The van der Waals surface area contributed by atoms with Crippen LogP contribution in [0.4, 0.5) is 0 Å². The first-order chi connectivity index (χ1) is 4.95. The van der Waals surface area contributed by atoms with E-state index in [0.717, 1.165) is 0 Å². The van der Waals surface area contributed by atoms with Gasteiger partial charge in [0.2, 0.25) is 0 Å². The number of hydrogen-bond donors (Lipinski definition) is 1. The maximum absolute atomic E-state index is 10.5. The van der Waals surface area contributed by atoms with Crippen LogP contribution in [-0.4, -0.2) is 25.2 Å². The Morgan fingerprint density at radius 3 is 2.36 bits per heavy atom. The molecule has 11 heavy (non-hydrogen) atoms. The minimum Gasteiger partial charge on any atom is -0.468 e. The Kier molecular flexibility index (Phi) is 4.07. The lowest BCUT2D eigenvalue weighted by atomic mass is 10.2. The second-order valence-electron chi connectivity index (χ2n) is 3.11. The Labute approximate surface area is 66.8 Å². The second-order valence-corrected chi connectivity index (χ2v) is 3.11. The van der Waals surface area contributed by atoms with Gasteiger partial charge in [-0.25, -0.2) is 0 Å². The number of ether oxygens (including phenoxy) is 1. The van der Waals surface area contributed by atoms with Crippen molar-refractivity contribution in [3.8, 4) is 0 Å². The van der Waals surface area contributed by atoms with Crippen molar-refractivity contribution in [2.24, 2.45) is 0 Å². The van der Waals surface area contributed by atoms with Gasteiger partial charge >= 0.3 is 5.97 Å². The molecule has 0 atom stereocenters. The van der Waals surface area contributed by atoms with Gasteiger partial charge in [-0.2, -0.15) is 5.48 Å². The monoisotopic (exact) mass is 161 g/mol. The smallest absolute Gasteiger partial charge is 0.322 e. The van der Waals surface area contributed by atoms with E-state index >= 15 is 0 Å².